The summed E-state index contributed by atoms with van der Waals surface area (Å²) in [5.41, 5.74) is 2.99. The largest absolute Gasteiger partial charge is 0.388 e. The van der Waals surface area contributed by atoms with Crippen molar-refractivity contribution in [3.8, 4) is 0 Å². The maximum atomic E-state index is 12.4. The average Bonchev–Trinajstić information content (AvgIpc) is 2.90. The highest BCUT2D eigenvalue weighted by Gasteiger charge is 2.24. The molecule has 1 aliphatic rings. The molecule has 2 rings (SSSR count). The third-order valence-corrected chi connectivity index (χ3v) is 3.94. The van der Waals surface area contributed by atoms with E-state index < -0.39 is 0 Å². The second-order valence-electron chi connectivity index (χ2n) is 5.13. The number of nitrogens with zero attached hydrogens (tertiary/aromatic N) is 1. The molecule has 1 saturated carbocycles. The predicted octanol–water partition coefficient (Wildman–Crippen LogP) is 3.05. The first-order valence-corrected chi connectivity index (χ1v) is 6.69. The number of hydrogen-bond acceptors (Lipinski definition) is 2. The zero-order chi connectivity index (χ0) is 13.1. The van der Waals surface area contributed by atoms with E-state index in [0.29, 0.717) is 6.04 Å². The number of benzene rings is 1. The topological polar surface area (TPSA) is 32.3 Å². The van der Waals surface area contributed by atoms with Gasteiger partial charge in [-0.25, -0.2) is 0 Å². The summed E-state index contributed by atoms with van der Waals surface area (Å²) in [5.74, 6) is 0.146. The lowest BCUT2D eigenvalue weighted by Gasteiger charge is -2.24. The summed E-state index contributed by atoms with van der Waals surface area (Å²) < 4.78 is 0. The quantitative estimate of drug-likeness (QED) is 0.889. The zero-order valence-corrected chi connectivity index (χ0v) is 11.5. The Hall–Kier alpha value is -1.51. The highest BCUT2D eigenvalue weighted by atomic mass is 16.2. The van der Waals surface area contributed by atoms with E-state index in [4.69, 9.17) is 0 Å². The number of rotatable bonds is 3. The van der Waals surface area contributed by atoms with Gasteiger partial charge in [-0.15, -0.1) is 0 Å². The van der Waals surface area contributed by atoms with Gasteiger partial charge >= 0.3 is 0 Å². The van der Waals surface area contributed by atoms with E-state index in [9.17, 15) is 4.79 Å². The molecule has 0 atom stereocenters. The van der Waals surface area contributed by atoms with Crippen LogP contribution < -0.4 is 5.32 Å². The molecule has 1 amide bonds. The summed E-state index contributed by atoms with van der Waals surface area (Å²) in [5, 5.41) is 3.12. The molecule has 0 radical (unpaired) electrons. The van der Waals surface area contributed by atoms with Crippen molar-refractivity contribution in [3.05, 3.63) is 29.3 Å². The van der Waals surface area contributed by atoms with Crippen molar-refractivity contribution >= 4 is 11.6 Å². The van der Waals surface area contributed by atoms with Gasteiger partial charge in [-0.2, -0.15) is 0 Å². The van der Waals surface area contributed by atoms with Crippen molar-refractivity contribution in [1.29, 1.82) is 0 Å². The van der Waals surface area contributed by atoms with Gasteiger partial charge in [0.2, 0.25) is 0 Å². The minimum Gasteiger partial charge on any atom is -0.388 e. The average molecular weight is 246 g/mol. The van der Waals surface area contributed by atoms with E-state index in [1.54, 1.807) is 0 Å². The molecule has 0 bridgehead atoms. The maximum Gasteiger partial charge on any atom is 0.253 e. The highest BCUT2D eigenvalue weighted by molar-refractivity contribution is 5.95. The fraction of sp³-hybridized carbons (Fsp3) is 0.533. The first-order valence-electron chi connectivity index (χ1n) is 6.69. The number of amides is 1. The first kappa shape index (κ1) is 12.9. The maximum absolute atomic E-state index is 12.4. The molecule has 1 aromatic rings. The van der Waals surface area contributed by atoms with E-state index >= 15 is 0 Å². The van der Waals surface area contributed by atoms with E-state index in [-0.39, 0.29) is 5.91 Å². The second-order valence-corrected chi connectivity index (χ2v) is 5.13. The summed E-state index contributed by atoms with van der Waals surface area (Å²) >= 11 is 0. The Morgan fingerprint density at radius 3 is 2.56 bits per heavy atom. The highest BCUT2D eigenvalue weighted by Crippen LogP contribution is 2.24. The van der Waals surface area contributed by atoms with Crippen LogP contribution in [0.15, 0.2) is 18.2 Å². The van der Waals surface area contributed by atoms with Gasteiger partial charge < -0.3 is 10.2 Å². The molecule has 0 saturated heterocycles. The normalized spacial score (nSPS) is 15.7. The van der Waals surface area contributed by atoms with E-state index in [1.165, 1.54) is 12.8 Å². The van der Waals surface area contributed by atoms with Crippen molar-refractivity contribution in [1.82, 2.24) is 4.90 Å². The smallest absolute Gasteiger partial charge is 0.253 e. The Bertz CT molecular complexity index is 436. The van der Waals surface area contributed by atoms with Crippen LogP contribution in [0.25, 0.3) is 0 Å². The summed E-state index contributed by atoms with van der Waals surface area (Å²) in [6.45, 7) is 2.03. The number of aryl methyl sites for hydroxylation is 1. The third kappa shape index (κ3) is 2.50. The van der Waals surface area contributed by atoms with Gasteiger partial charge in [0.1, 0.15) is 0 Å². The summed E-state index contributed by atoms with van der Waals surface area (Å²) in [6.07, 6.45) is 4.80. The van der Waals surface area contributed by atoms with Gasteiger partial charge in [0, 0.05) is 31.4 Å². The molecule has 0 unspecified atom stereocenters. The van der Waals surface area contributed by atoms with Crippen molar-refractivity contribution in [3.63, 3.8) is 0 Å². The molecule has 1 aromatic carbocycles. The number of anilines is 1. The Balaban J connectivity index is 2.15. The standard InChI is InChI=1S/C15H22N2O/c1-11-10-12(8-9-14(11)16-2)15(18)17(3)13-6-4-5-7-13/h8-10,13,16H,4-7H2,1-3H3. The van der Waals surface area contributed by atoms with E-state index in [0.717, 1.165) is 29.7 Å². The molecule has 0 spiro atoms. The van der Waals surface area contributed by atoms with Crippen LogP contribution in [0, 0.1) is 6.92 Å². The van der Waals surface area contributed by atoms with E-state index in [2.05, 4.69) is 5.32 Å². The summed E-state index contributed by atoms with van der Waals surface area (Å²) in [4.78, 5) is 14.3. The number of nitrogens with one attached hydrogen (secondary N) is 1. The van der Waals surface area contributed by atoms with E-state index in [1.807, 2.05) is 44.1 Å². The van der Waals surface area contributed by atoms with Gasteiger partial charge in [0.25, 0.3) is 5.91 Å². The lowest BCUT2D eigenvalue weighted by molar-refractivity contribution is 0.0735. The minimum absolute atomic E-state index is 0.146. The van der Waals surface area contributed by atoms with Crippen LogP contribution in [-0.4, -0.2) is 30.9 Å². The summed E-state index contributed by atoms with van der Waals surface area (Å²) in [6, 6.07) is 6.29. The number of carbonyl (C=O) groups is 1. The molecule has 98 valence electrons. The molecule has 3 heteroatoms. The Kier molecular flexibility index (Phi) is 3.90. The zero-order valence-electron chi connectivity index (χ0n) is 11.5. The minimum atomic E-state index is 0.146. The molecule has 1 N–H and O–H groups in total. The number of hydrogen-bond donors (Lipinski definition) is 1. The van der Waals surface area contributed by atoms with Gasteiger partial charge in [0.15, 0.2) is 0 Å². The van der Waals surface area contributed by atoms with Gasteiger partial charge in [0.05, 0.1) is 0 Å². The monoisotopic (exact) mass is 246 g/mol. The predicted molar refractivity (Wildman–Crippen MR) is 75.1 cm³/mol. The Morgan fingerprint density at radius 1 is 1.33 bits per heavy atom. The van der Waals surface area contributed by atoms with Crippen LogP contribution in [0.3, 0.4) is 0 Å². The second kappa shape index (κ2) is 5.42. The molecule has 18 heavy (non-hydrogen) atoms. The summed E-state index contributed by atoms with van der Waals surface area (Å²) in [7, 11) is 3.83. The Labute approximate surface area is 109 Å². The van der Waals surface area contributed by atoms with Crippen LogP contribution in [0.5, 0.6) is 0 Å². The van der Waals surface area contributed by atoms with Crippen molar-refractivity contribution < 1.29 is 4.79 Å². The first-order chi connectivity index (χ1) is 8.63. The molecular weight excluding hydrogens is 224 g/mol. The Morgan fingerprint density at radius 2 is 2.00 bits per heavy atom. The molecule has 1 aliphatic carbocycles. The number of carbonyl (C=O) groups excluding carboxylic acids is 1. The van der Waals surface area contributed by atoms with Crippen LogP contribution in [0.4, 0.5) is 5.69 Å². The molecule has 0 aliphatic heterocycles. The lowest BCUT2D eigenvalue weighted by Crippen LogP contribution is -2.35. The third-order valence-electron chi connectivity index (χ3n) is 3.94. The molecule has 3 nitrogen and oxygen atoms in total. The molecular formula is C15H22N2O. The SMILES string of the molecule is CNc1ccc(C(=O)N(C)C2CCCC2)cc1C. The van der Waals surface area contributed by atoms with Gasteiger partial charge in [-0.1, -0.05) is 12.8 Å². The van der Waals surface area contributed by atoms with Crippen LogP contribution in [-0.2, 0) is 0 Å². The van der Waals surface area contributed by atoms with Crippen LogP contribution >= 0.6 is 0 Å². The van der Waals surface area contributed by atoms with Crippen LogP contribution in [0.2, 0.25) is 0 Å². The van der Waals surface area contributed by atoms with Gasteiger partial charge in [-0.05, 0) is 43.5 Å². The molecule has 0 aromatic heterocycles. The lowest BCUT2D eigenvalue weighted by atomic mass is 10.1. The fourth-order valence-electron chi connectivity index (χ4n) is 2.74. The molecule has 1 fully saturated rings. The van der Waals surface area contributed by atoms with Crippen molar-refractivity contribution in [2.75, 3.05) is 19.4 Å². The van der Waals surface area contributed by atoms with Crippen molar-refractivity contribution in [2.24, 2.45) is 0 Å². The van der Waals surface area contributed by atoms with Crippen molar-refractivity contribution in [2.45, 2.75) is 38.6 Å². The molecule has 0 heterocycles. The fourth-order valence-corrected chi connectivity index (χ4v) is 2.74. The van der Waals surface area contributed by atoms with Gasteiger partial charge in [-0.3, -0.25) is 4.79 Å². The van der Waals surface area contributed by atoms with Crippen LogP contribution in [0.1, 0.15) is 41.6 Å².